The first-order valence-corrected chi connectivity index (χ1v) is 8.44. The Hall–Kier alpha value is -1.36. The van der Waals surface area contributed by atoms with Crippen molar-refractivity contribution in [1.82, 2.24) is 0 Å². The molecular weight excluding hydrogens is 288 g/mol. The molecule has 1 heterocycles. The summed E-state index contributed by atoms with van der Waals surface area (Å²) in [6.45, 7) is 0. The third-order valence-electron chi connectivity index (χ3n) is 4.29. The van der Waals surface area contributed by atoms with E-state index < -0.39 is 5.97 Å². The van der Waals surface area contributed by atoms with Crippen LogP contribution in [0, 0.1) is 0 Å². The number of aliphatic carboxylic acids is 1. The first-order valence-electron chi connectivity index (χ1n) is 7.28. The molecule has 0 amide bonds. The SMILES string of the molecule is COc1cccc(C2(CC(=O)O)CC2)c1OC1CCSC1. The van der Waals surface area contributed by atoms with Crippen LogP contribution in [0.5, 0.6) is 11.5 Å². The Labute approximate surface area is 128 Å². The second kappa shape index (κ2) is 5.79. The van der Waals surface area contributed by atoms with Gasteiger partial charge in [-0.3, -0.25) is 4.79 Å². The zero-order valence-corrected chi connectivity index (χ0v) is 12.9. The summed E-state index contributed by atoms with van der Waals surface area (Å²) in [5.41, 5.74) is 0.739. The molecule has 1 atom stereocenters. The lowest BCUT2D eigenvalue weighted by Gasteiger charge is -2.23. The average molecular weight is 308 g/mol. The highest BCUT2D eigenvalue weighted by molar-refractivity contribution is 7.99. The highest BCUT2D eigenvalue weighted by Gasteiger charge is 2.48. The monoisotopic (exact) mass is 308 g/mol. The molecule has 1 aliphatic heterocycles. The molecule has 2 aliphatic rings. The van der Waals surface area contributed by atoms with Crippen LogP contribution in [0.1, 0.15) is 31.2 Å². The predicted octanol–water partition coefficient (Wildman–Crippen LogP) is 3.09. The van der Waals surface area contributed by atoms with Gasteiger partial charge in [0.2, 0.25) is 0 Å². The van der Waals surface area contributed by atoms with Gasteiger partial charge >= 0.3 is 5.97 Å². The largest absolute Gasteiger partial charge is 0.493 e. The van der Waals surface area contributed by atoms with Crippen molar-refractivity contribution in [2.75, 3.05) is 18.6 Å². The number of thioether (sulfide) groups is 1. The van der Waals surface area contributed by atoms with Gasteiger partial charge < -0.3 is 14.6 Å². The Morgan fingerprint density at radius 2 is 2.29 bits per heavy atom. The number of ether oxygens (including phenoxy) is 2. The van der Waals surface area contributed by atoms with Crippen LogP contribution in [0.15, 0.2) is 18.2 Å². The molecule has 114 valence electrons. The van der Waals surface area contributed by atoms with Gasteiger partial charge in [0.15, 0.2) is 11.5 Å². The molecule has 5 heteroatoms. The Kier molecular flexibility index (Phi) is 4.02. The van der Waals surface area contributed by atoms with Gasteiger partial charge in [0.1, 0.15) is 6.10 Å². The molecule has 1 saturated carbocycles. The number of carbonyl (C=O) groups is 1. The van der Waals surface area contributed by atoms with Crippen LogP contribution in [0.25, 0.3) is 0 Å². The fourth-order valence-electron chi connectivity index (χ4n) is 2.97. The summed E-state index contributed by atoms with van der Waals surface area (Å²) < 4.78 is 11.6. The quantitative estimate of drug-likeness (QED) is 0.875. The van der Waals surface area contributed by atoms with E-state index in [9.17, 15) is 9.90 Å². The minimum absolute atomic E-state index is 0.163. The number of hydrogen-bond acceptors (Lipinski definition) is 4. The van der Waals surface area contributed by atoms with Gasteiger partial charge in [-0.25, -0.2) is 0 Å². The van der Waals surface area contributed by atoms with Crippen molar-refractivity contribution in [1.29, 1.82) is 0 Å². The molecule has 0 radical (unpaired) electrons. The molecule has 21 heavy (non-hydrogen) atoms. The van der Waals surface area contributed by atoms with Crippen LogP contribution in [0.2, 0.25) is 0 Å². The Morgan fingerprint density at radius 1 is 1.48 bits per heavy atom. The van der Waals surface area contributed by atoms with Crippen LogP contribution >= 0.6 is 11.8 Å². The molecule has 1 unspecified atom stereocenters. The highest BCUT2D eigenvalue weighted by Crippen LogP contribution is 2.55. The van der Waals surface area contributed by atoms with E-state index in [-0.39, 0.29) is 17.9 Å². The highest BCUT2D eigenvalue weighted by atomic mass is 32.2. The van der Waals surface area contributed by atoms with Crippen molar-refractivity contribution >= 4 is 17.7 Å². The van der Waals surface area contributed by atoms with Crippen molar-refractivity contribution in [3.05, 3.63) is 23.8 Å². The summed E-state index contributed by atoms with van der Waals surface area (Å²) in [6, 6.07) is 5.81. The number of methoxy groups -OCH3 is 1. The van der Waals surface area contributed by atoms with E-state index in [0.717, 1.165) is 42.1 Å². The number of carboxylic acids is 1. The van der Waals surface area contributed by atoms with Gasteiger partial charge in [0.25, 0.3) is 0 Å². The van der Waals surface area contributed by atoms with E-state index >= 15 is 0 Å². The molecule has 3 rings (SSSR count). The van der Waals surface area contributed by atoms with Crippen molar-refractivity contribution in [3.63, 3.8) is 0 Å². The molecule has 1 aromatic carbocycles. The number of hydrogen-bond donors (Lipinski definition) is 1. The molecule has 1 aromatic rings. The Morgan fingerprint density at radius 3 is 2.86 bits per heavy atom. The van der Waals surface area contributed by atoms with Crippen LogP contribution < -0.4 is 9.47 Å². The normalized spacial score (nSPS) is 22.8. The van der Waals surface area contributed by atoms with E-state index in [1.54, 1.807) is 7.11 Å². The molecule has 0 aromatic heterocycles. The Balaban J connectivity index is 1.93. The summed E-state index contributed by atoms with van der Waals surface area (Å²) >= 11 is 1.89. The van der Waals surface area contributed by atoms with Crippen molar-refractivity contribution in [2.45, 2.75) is 37.2 Å². The van der Waals surface area contributed by atoms with Crippen LogP contribution in [0.4, 0.5) is 0 Å². The molecular formula is C16H20O4S. The van der Waals surface area contributed by atoms with E-state index in [1.807, 2.05) is 30.0 Å². The molecule has 2 fully saturated rings. The van der Waals surface area contributed by atoms with Gasteiger partial charge in [0.05, 0.1) is 13.5 Å². The molecule has 1 N–H and O–H groups in total. The van der Waals surface area contributed by atoms with Crippen LogP contribution in [-0.4, -0.2) is 35.8 Å². The number of carboxylic acid groups (broad SMARTS) is 1. The van der Waals surface area contributed by atoms with E-state index in [2.05, 4.69) is 0 Å². The maximum absolute atomic E-state index is 11.2. The van der Waals surface area contributed by atoms with E-state index in [1.165, 1.54) is 0 Å². The van der Waals surface area contributed by atoms with E-state index in [0.29, 0.717) is 5.75 Å². The fourth-order valence-corrected chi connectivity index (χ4v) is 4.06. The van der Waals surface area contributed by atoms with Gasteiger partial charge in [-0.15, -0.1) is 0 Å². The molecule has 0 spiro atoms. The second-order valence-corrected chi connectivity index (χ2v) is 6.94. The minimum Gasteiger partial charge on any atom is -0.493 e. The molecule has 1 saturated heterocycles. The smallest absolute Gasteiger partial charge is 0.304 e. The summed E-state index contributed by atoms with van der Waals surface area (Å²) in [5.74, 6) is 2.82. The third-order valence-corrected chi connectivity index (χ3v) is 5.42. The lowest BCUT2D eigenvalue weighted by molar-refractivity contribution is -0.137. The lowest BCUT2D eigenvalue weighted by atomic mass is 9.91. The lowest BCUT2D eigenvalue weighted by Crippen LogP contribution is -2.20. The van der Waals surface area contributed by atoms with E-state index in [4.69, 9.17) is 9.47 Å². The number of rotatable bonds is 6. The predicted molar refractivity (Wildman–Crippen MR) is 82.5 cm³/mol. The van der Waals surface area contributed by atoms with Gasteiger partial charge in [0, 0.05) is 16.7 Å². The first kappa shape index (κ1) is 14.6. The maximum Gasteiger partial charge on any atom is 0.304 e. The number of para-hydroxylation sites is 1. The fraction of sp³-hybridized carbons (Fsp3) is 0.562. The zero-order chi connectivity index (χ0) is 14.9. The summed E-state index contributed by atoms with van der Waals surface area (Å²) in [5, 5.41) is 9.18. The topological polar surface area (TPSA) is 55.8 Å². The van der Waals surface area contributed by atoms with Gasteiger partial charge in [-0.05, 0) is 31.1 Å². The second-order valence-electron chi connectivity index (χ2n) is 5.79. The summed E-state index contributed by atoms with van der Waals surface area (Å²) in [4.78, 5) is 11.2. The van der Waals surface area contributed by atoms with Gasteiger partial charge in [-0.2, -0.15) is 11.8 Å². The average Bonchev–Trinajstić information content (AvgIpc) is 3.04. The van der Waals surface area contributed by atoms with Crippen LogP contribution in [0.3, 0.4) is 0 Å². The molecule has 0 bridgehead atoms. The molecule has 1 aliphatic carbocycles. The van der Waals surface area contributed by atoms with Gasteiger partial charge in [-0.1, -0.05) is 12.1 Å². The summed E-state index contributed by atoms with van der Waals surface area (Å²) in [6.07, 6.45) is 3.21. The van der Waals surface area contributed by atoms with Crippen molar-refractivity contribution in [3.8, 4) is 11.5 Å². The maximum atomic E-state index is 11.2. The summed E-state index contributed by atoms with van der Waals surface area (Å²) in [7, 11) is 1.63. The standard InChI is InChI=1S/C16H20O4S/c1-19-13-4-2-3-12(16(6-7-16)9-14(17)18)15(13)20-11-5-8-21-10-11/h2-4,11H,5-10H2,1H3,(H,17,18). The Bertz CT molecular complexity index is 533. The first-order chi connectivity index (χ1) is 10.1. The van der Waals surface area contributed by atoms with Crippen LogP contribution in [-0.2, 0) is 10.2 Å². The van der Waals surface area contributed by atoms with Crippen molar-refractivity contribution < 1.29 is 19.4 Å². The minimum atomic E-state index is -0.752. The van der Waals surface area contributed by atoms with Crippen molar-refractivity contribution in [2.24, 2.45) is 0 Å². The molecule has 4 nitrogen and oxygen atoms in total. The third kappa shape index (κ3) is 2.98. The zero-order valence-electron chi connectivity index (χ0n) is 12.1. The number of benzene rings is 1.